The highest BCUT2D eigenvalue weighted by atomic mass is 16.5. The molecule has 0 N–H and O–H groups in total. The summed E-state index contributed by atoms with van der Waals surface area (Å²) in [5, 5.41) is 0. The Morgan fingerprint density at radius 1 is 1.55 bits per heavy atom. The van der Waals surface area contributed by atoms with Crippen molar-refractivity contribution in [1.29, 1.82) is 0 Å². The van der Waals surface area contributed by atoms with Gasteiger partial charge in [0.05, 0.1) is 6.61 Å². The fraction of sp³-hybridized carbons (Fsp3) is 0.643. The van der Waals surface area contributed by atoms with Gasteiger partial charge in [-0.1, -0.05) is 0 Å². The highest BCUT2D eigenvalue weighted by Crippen LogP contribution is 2.28. The van der Waals surface area contributed by atoms with Crippen molar-refractivity contribution in [3.63, 3.8) is 0 Å². The first-order chi connectivity index (χ1) is 9.46. The second kappa shape index (κ2) is 5.75. The van der Waals surface area contributed by atoms with Crippen LogP contribution in [-0.4, -0.2) is 60.2 Å². The number of hydrogen-bond donors (Lipinski definition) is 0. The van der Waals surface area contributed by atoms with Gasteiger partial charge in [0, 0.05) is 24.8 Å². The second-order valence-corrected chi connectivity index (χ2v) is 5.52. The van der Waals surface area contributed by atoms with Gasteiger partial charge in [-0.15, -0.1) is 0 Å². The van der Waals surface area contributed by atoms with Gasteiger partial charge in [0.15, 0.2) is 0 Å². The zero-order valence-electron chi connectivity index (χ0n) is 12.6. The van der Waals surface area contributed by atoms with Crippen molar-refractivity contribution in [2.45, 2.75) is 25.8 Å². The van der Waals surface area contributed by atoms with Crippen LogP contribution >= 0.6 is 0 Å². The monoisotopic (exact) mass is 278 g/mol. The molecule has 0 saturated carbocycles. The Bertz CT molecular complexity index is 492. The molecule has 20 heavy (non-hydrogen) atoms. The smallest absolute Gasteiger partial charge is 0.376 e. The van der Waals surface area contributed by atoms with Crippen molar-refractivity contribution in [3.8, 4) is 0 Å². The third-order valence-corrected chi connectivity index (χ3v) is 3.95. The van der Waals surface area contributed by atoms with Crippen LogP contribution in [0.5, 0.6) is 0 Å². The Morgan fingerprint density at radius 2 is 2.30 bits per heavy atom. The van der Waals surface area contributed by atoms with Crippen LogP contribution in [0.25, 0.3) is 0 Å². The number of esters is 1. The number of ether oxygens (including phenoxy) is 1. The number of aromatic nitrogens is 2. The Balaban J connectivity index is 2.15. The summed E-state index contributed by atoms with van der Waals surface area (Å²) >= 11 is 0. The Morgan fingerprint density at radius 3 is 2.90 bits per heavy atom. The number of carbonyl (C=O) groups is 1. The maximum atomic E-state index is 11.7. The zero-order valence-corrected chi connectivity index (χ0v) is 12.6. The van der Waals surface area contributed by atoms with Gasteiger partial charge >= 0.3 is 5.97 Å². The molecule has 1 aromatic heterocycles. The molecule has 1 unspecified atom stereocenters. The zero-order chi connectivity index (χ0) is 14.8. The van der Waals surface area contributed by atoms with E-state index in [1.54, 1.807) is 13.1 Å². The number of likely N-dealkylation sites (N-methyl/N-ethyl adjacent to an activating group) is 1. The third kappa shape index (κ3) is 2.90. The van der Waals surface area contributed by atoms with Gasteiger partial charge in [-0.25, -0.2) is 14.8 Å². The molecular weight excluding hydrogens is 256 g/mol. The molecule has 0 aliphatic carbocycles. The molecule has 1 aliphatic rings. The summed E-state index contributed by atoms with van der Waals surface area (Å²) in [7, 11) is 4.18. The van der Waals surface area contributed by atoms with Crippen LogP contribution < -0.4 is 4.90 Å². The molecule has 0 spiro atoms. The standard InChI is InChI=1S/C14H22N4O2/c1-5-20-13(19)12-15-8-6-11(16-12)18-9-7-14(2,10-18)17(3)4/h6,8H,5,7,9-10H2,1-4H3. The van der Waals surface area contributed by atoms with Gasteiger partial charge in [-0.05, 0) is 40.4 Å². The Labute approximate surface area is 119 Å². The summed E-state index contributed by atoms with van der Waals surface area (Å²) in [6.07, 6.45) is 2.68. The molecule has 2 rings (SSSR count). The molecule has 1 saturated heterocycles. The van der Waals surface area contributed by atoms with E-state index in [1.165, 1.54) is 0 Å². The lowest BCUT2D eigenvalue weighted by atomic mass is 10.0. The molecule has 1 atom stereocenters. The van der Waals surface area contributed by atoms with Crippen molar-refractivity contribution in [3.05, 3.63) is 18.1 Å². The van der Waals surface area contributed by atoms with Crippen LogP contribution in [0.3, 0.4) is 0 Å². The van der Waals surface area contributed by atoms with Gasteiger partial charge in [-0.3, -0.25) is 0 Å². The molecule has 1 aliphatic heterocycles. The molecule has 2 heterocycles. The van der Waals surface area contributed by atoms with Gasteiger partial charge in [0.25, 0.3) is 0 Å². The summed E-state index contributed by atoms with van der Waals surface area (Å²) in [6, 6.07) is 1.84. The number of rotatable bonds is 4. The lowest BCUT2D eigenvalue weighted by molar-refractivity contribution is 0.0512. The van der Waals surface area contributed by atoms with E-state index in [-0.39, 0.29) is 11.4 Å². The van der Waals surface area contributed by atoms with Crippen LogP contribution in [0.1, 0.15) is 30.9 Å². The minimum Gasteiger partial charge on any atom is -0.460 e. The normalized spacial score (nSPS) is 22.4. The molecule has 6 heteroatoms. The predicted molar refractivity (Wildman–Crippen MR) is 76.9 cm³/mol. The summed E-state index contributed by atoms with van der Waals surface area (Å²) in [6.45, 7) is 6.15. The van der Waals surface area contributed by atoms with E-state index >= 15 is 0 Å². The third-order valence-electron chi connectivity index (χ3n) is 3.95. The maximum Gasteiger partial charge on any atom is 0.376 e. The second-order valence-electron chi connectivity index (χ2n) is 5.52. The first-order valence-corrected chi connectivity index (χ1v) is 6.89. The van der Waals surface area contributed by atoms with E-state index in [0.717, 1.165) is 25.3 Å². The number of nitrogens with zero attached hydrogens (tertiary/aromatic N) is 4. The van der Waals surface area contributed by atoms with Gasteiger partial charge in [0.2, 0.25) is 5.82 Å². The lowest BCUT2D eigenvalue weighted by Gasteiger charge is -2.32. The largest absolute Gasteiger partial charge is 0.460 e. The highest BCUT2D eigenvalue weighted by Gasteiger charge is 2.36. The maximum absolute atomic E-state index is 11.7. The molecule has 1 aromatic rings. The molecule has 0 amide bonds. The minimum absolute atomic E-state index is 0.128. The number of hydrogen-bond acceptors (Lipinski definition) is 6. The topological polar surface area (TPSA) is 58.6 Å². The molecule has 0 aromatic carbocycles. The number of carbonyl (C=O) groups excluding carboxylic acids is 1. The van der Waals surface area contributed by atoms with Crippen molar-refractivity contribution in [1.82, 2.24) is 14.9 Å². The summed E-state index contributed by atoms with van der Waals surface area (Å²) < 4.78 is 4.93. The van der Waals surface area contributed by atoms with Crippen LogP contribution in [0.4, 0.5) is 5.82 Å². The van der Waals surface area contributed by atoms with Crippen molar-refractivity contribution in [2.24, 2.45) is 0 Å². The first kappa shape index (κ1) is 14.7. The highest BCUT2D eigenvalue weighted by molar-refractivity contribution is 5.85. The first-order valence-electron chi connectivity index (χ1n) is 6.89. The van der Waals surface area contributed by atoms with E-state index in [4.69, 9.17) is 4.74 Å². The lowest BCUT2D eigenvalue weighted by Crippen LogP contribution is -2.43. The Hall–Kier alpha value is -1.69. The molecule has 1 fully saturated rings. The van der Waals surface area contributed by atoms with Crippen molar-refractivity contribution in [2.75, 3.05) is 38.7 Å². The van der Waals surface area contributed by atoms with E-state index in [2.05, 4.69) is 40.8 Å². The molecule has 110 valence electrons. The summed E-state index contributed by atoms with van der Waals surface area (Å²) in [4.78, 5) is 24.4. The van der Waals surface area contributed by atoms with E-state index in [1.807, 2.05) is 6.07 Å². The predicted octanol–water partition coefficient (Wildman–Crippen LogP) is 1.18. The SMILES string of the molecule is CCOC(=O)c1nccc(N2CCC(C)(N(C)C)C2)n1. The van der Waals surface area contributed by atoms with Crippen molar-refractivity contribution < 1.29 is 9.53 Å². The van der Waals surface area contributed by atoms with Crippen LogP contribution in [0.2, 0.25) is 0 Å². The van der Waals surface area contributed by atoms with E-state index in [9.17, 15) is 4.79 Å². The van der Waals surface area contributed by atoms with E-state index in [0.29, 0.717) is 6.61 Å². The van der Waals surface area contributed by atoms with Crippen LogP contribution in [0.15, 0.2) is 12.3 Å². The van der Waals surface area contributed by atoms with Crippen LogP contribution in [0, 0.1) is 0 Å². The van der Waals surface area contributed by atoms with Gasteiger partial charge in [-0.2, -0.15) is 0 Å². The van der Waals surface area contributed by atoms with E-state index < -0.39 is 5.97 Å². The number of anilines is 1. The molecular formula is C14H22N4O2. The fourth-order valence-corrected chi connectivity index (χ4v) is 2.32. The average Bonchev–Trinajstić information content (AvgIpc) is 2.83. The Kier molecular flexibility index (Phi) is 4.23. The summed E-state index contributed by atoms with van der Waals surface area (Å²) in [5.74, 6) is 0.445. The van der Waals surface area contributed by atoms with Gasteiger partial charge < -0.3 is 14.5 Å². The molecule has 6 nitrogen and oxygen atoms in total. The summed E-state index contributed by atoms with van der Waals surface area (Å²) in [5.41, 5.74) is 0.134. The minimum atomic E-state index is -0.469. The molecule has 0 radical (unpaired) electrons. The molecule has 0 bridgehead atoms. The van der Waals surface area contributed by atoms with Crippen molar-refractivity contribution >= 4 is 11.8 Å². The quantitative estimate of drug-likeness (QED) is 0.771. The van der Waals surface area contributed by atoms with Gasteiger partial charge in [0.1, 0.15) is 5.82 Å². The average molecular weight is 278 g/mol. The van der Waals surface area contributed by atoms with Crippen LogP contribution in [-0.2, 0) is 4.74 Å². The fourth-order valence-electron chi connectivity index (χ4n) is 2.32.